The Bertz CT molecular complexity index is 759. The second-order valence-electron chi connectivity index (χ2n) is 7.75. The molecule has 0 aliphatic carbocycles. The van der Waals surface area contributed by atoms with E-state index in [9.17, 15) is 0 Å². The molecule has 0 radical (unpaired) electrons. The first kappa shape index (κ1) is 18.0. The lowest BCUT2D eigenvalue weighted by Crippen LogP contribution is -2.46. The molecule has 0 N–H and O–H groups in total. The number of rotatable bonds is 0. The number of fused-ring (bicyclic) bond motifs is 2. The highest BCUT2D eigenvalue weighted by molar-refractivity contribution is 5.07. The molecule has 138 valence electrons. The molecule has 2 aromatic rings. The van der Waals surface area contributed by atoms with Crippen molar-refractivity contribution >= 4 is 0 Å². The van der Waals surface area contributed by atoms with Crippen molar-refractivity contribution in [1.82, 2.24) is 34.4 Å². The van der Waals surface area contributed by atoms with Crippen LogP contribution in [-0.2, 0) is 29.0 Å². The van der Waals surface area contributed by atoms with E-state index in [1.54, 1.807) is 0 Å². The minimum absolute atomic E-state index is 0.0134. The van der Waals surface area contributed by atoms with Crippen molar-refractivity contribution in [1.29, 1.82) is 0 Å². The Kier molecular flexibility index (Phi) is 4.45. The van der Waals surface area contributed by atoms with E-state index >= 15 is 0 Å². The van der Waals surface area contributed by atoms with Gasteiger partial charge in [-0.25, -0.2) is 19.3 Å². The summed E-state index contributed by atoms with van der Waals surface area (Å²) in [4.78, 5) is 11.1. The zero-order valence-electron chi connectivity index (χ0n) is 16.4. The molecule has 0 unspecified atom stereocenters. The van der Waals surface area contributed by atoms with Crippen LogP contribution in [0.4, 0.5) is 0 Å². The lowest BCUT2D eigenvalue weighted by molar-refractivity contribution is -0.0566. The van der Waals surface area contributed by atoms with E-state index in [0.717, 1.165) is 49.5 Å². The summed E-state index contributed by atoms with van der Waals surface area (Å²) < 4.78 is 9.53. The lowest BCUT2D eigenvalue weighted by atomic mass is 10.0. The Labute approximate surface area is 149 Å². The number of hydrogen-bond donors (Lipinski definition) is 0. The van der Waals surface area contributed by atoms with Crippen molar-refractivity contribution in [2.45, 2.75) is 65.8 Å². The van der Waals surface area contributed by atoms with Crippen molar-refractivity contribution in [3.8, 4) is 0 Å². The minimum atomic E-state index is -0.278. The number of ether oxygens (including phenoxy) is 1. The van der Waals surface area contributed by atoms with Crippen LogP contribution in [0.15, 0.2) is 0 Å². The van der Waals surface area contributed by atoms with Gasteiger partial charge in [-0.3, -0.25) is 4.90 Å². The zero-order chi connectivity index (χ0) is 18.4. The molecule has 25 heavy (non-hydrogen) atoms. The first-order valence-corrected chi connectivity index (χ1v) is 8.80. The van der Waals surface area contributed by atoms with Crippen LogP contribution in [0.1, 0.15) is 51.0 Å². The van der Waals surface area contributed by atoms with Gasteiger partial charge in [0.05, 0.1) is 25.2 Å². The molecule has 2 aliphatic heterocycles. The van der Waals surface area contributed by atoms with Crippen LogP contribution in [0.5, 0.6) is 0 Å². The van der Waals surface area contributed by atoms with Crippen molar-refractivity contribution in [3.63, 3.8) is 0 Å². The monoisotopic (exact) mass is 347 g/mol. The summed E-state index contributed by atoms with van der Waals surface area (Å²) in [5, 5.41) is 8.63. The minimum Gasteiger partial charge on any atom is -0.366 e. The molecule has 8 heteroatoms. The number of likely N-dealkylation sites (N-methyl/N-ethyl adjacent to an activating group) is 1. The molecule has 0 fully saturated rings. The number of aryl methyl sites for hydroxylation is 2. The molecule has 0 saturated carbocycles. The first-order valence-electron chi connectivity index (χ1n) is 8.80. The molecule has 0 atom stereocenters. The van der Waals surface area contributed by atoms with Crippen molar-refractivity contribution in [3.05, 3.63) is 23.3 Å². The lowest BCUT2D eigenvalue weighted by Gasteiger charge is -2.38. The molecular formula is C17H29N7O. The molecule has 8 nitrogen and oxygen atoms in total. The SMILES string of the molecule is Cc1nc2n(n1)CCN(C)C2(C)C.Cc1nc2n(n1)CCOC2(C)C. The van der Waals surface area contributed by atoms with Crippen molar-refractivity contribution in [2.75, 3.05) is 20.2 Å². The highest BCUT2D eigenvalue weighted by Gasteiger charge is 2.35. The fourth-order valence-corrected chi connectivity index (χ4v) is 3.27. The maximum absolute atomic E-state index is 5.58. The predicted octanol–water partition coefficient (Wildman–Crippen LogP) is 1.62. The summed E-state index contributed by atoms with van der Waals surface area (Å²) in [7, 11) is 2.13. The summed E-state index contributed by atoms with van der Waals surface area (Å²) in [5.41, 5.74) is -0.265. The van der Waals surface area contributed by atoms with Crippen LogP contribution in [0.3, 0.4) is 0 Å². The zero-order valence-corrected chi connectivity index (χ0v) is 16.4. The Balaban J connectivity index is 0.000000146. The fourth-order valence-electron chi connectivity index (χ4n) is 3.27. The molecule has 0 spiro atoms. The van der Waals surface area contributed by atoms with Gasteiger partial charge in [0.1, 0.15) is 23.1 Å². The molecule has 0 amide bonds. The molecule has 2 aliphatic rings. The van der Waals surface area contributed by atoms with Gasteiger partial charge in [-0.15, -0.1) is 0 Å². The third-order valence-corrected chi connectivity index (χ3v) is 5.01. The molecule has 0 aromatic carbocycles. The molecule has 2 aromatic heterocycles. The highest BCUT2D eigenvalue weighted by Crippen LogP contribution is 2.28. The van der Waals surface area contributed by atoms with Gasteiger partial charge >= 0.3 is 0 Å². The van der Waals surface area contributed by atoms with Gasteiger partial charge in [-0.1, -0.05) is 0 Å². The van der Waals surface area contributed by atoms with E-state index in [1.165, 1.54) is 0 Å². The number of aromatic nitrogens is 6. The van der Waals surface area contributed by atoms with Gasteiger partial charge < -0.3 is 4.74 Å². The summed E-state index contributed by atoms with van der Waals surface area (Å²) in [6.45, 7) is 15.8. The van der Waals surface area contributed by atoms with Gasteiger partial charge in [-0.2, -0.15) is 10.2 Å². The molecule has 0 saturated heterocycles. The van der Waals surface area contributed by atoms with Crippen LogP contribution >= 0.6 is 0 Å². The largest absolute Gasteiger partial charge is 0.366 e. The maximum Gasteiger partial charge on any atom is 0.158 e. The third-order valence-electron chi connectivity index (χ3n) is 5.01. The van der Waals surface area contributed by atoms with E-state index in [-0.39, 0.29) is 11.1 Å². The number of nitrogens with zero attached hydrogens (tertiary/aromatic N) is 7. The predicted molar refractivity (Wildman–Crippen MR) is 94.2 cm³/mol. The van der Waals surface area contributed by atoms with E-state index in [1.807, 2.05) is 37.1 Å². The van der Waals surface area contributed by atoms with Crippen molar-refractivity contribution in [2.24, 2.45) is 0 Å². The summed E-state index contributed by atoms with van der Waals surface area (Å²) >= 11 is 0. The Morgan fingerprint density at radius 1 is 0.840 bits per heavy atom. The van der Waals surface area contributed by atoms with Gasteiger partial charge in [-0.05, 0) is 48.6 Å². The molecule has 4 rings (SSSR count). The Hall–Kier alpha value is -1.80. The smallest absolute Gasteiger partial charge is 0.158 e. The van der Waals surface area contributed by atoms with E-state index in [4.69, 9.17) is 4.74 Å². The Morgan fingerprint density at radius 3 is 2.00 bits per heavy atom. The van der Waals surface area contributed by atoms with Gasteiger partial charge in [0.15, 0.2) is 5.82 Å². The van der Waals surface area contributed by atoms with Crippen LogP contribution in [0.2, 0.25) is 0 Å². The van der Waals surface area contributed by atoms with Gasteiger partial charge in [0.2, 0.25) is 0 Å². The summed E-state index contributed by atoms with van der Waals surface area (Å²) in [6, 6.07) is 0. The van der Waals surface area contributed by atoms with Crippen LogP contribution in [0, 0.1) is 13.8 Å². The van der Waals surface area contributed by atoms with E-state index in [0.29, 0.717) is 0 Å². The second kappa shape index (κ2) is 6.17. The van der Waals surface area contributed by atoms with Gasteiger partial charge in [0.25, 0.3) is 0 Å². The topological polar surface area (TPSA) is 73.9 Å². The summed E-state index contributed by atoms with van der Waals surface area (Å²) in [5.74, 6) is 3.71. The average Bonchev–Trinajstić information content (AvgIpc) is 3.08. The van der Waals surface area contributed by atoms with Gasteiger partial charge in [0, 0.05) is 6.54 Å². The molecule has 0 bridgehead atoms. The number of hydrogen-bond acceptors (Lipinski definition) is 6. The van der Waals surface area contributed by atoms with Crippen LogP contribution in [-0.4, -0.2) is 54.6 Å². The highest BCUT2D eigenvalue weighted by atomic mass is 16.5. The maximum atomic E-state index is 5.58. The fraction of sp³-hybridized carbons (Fsp3) is 0.765. The van der Waals surface area contributed by atoms with Crippen LogP contribution in [0.25, 0.3) is 0 Å². The first-order chi connectivity index (χ1) is 11.6. The summed E-state index contributed by atoms with van der Waals surface area (Å²) in [6.07, 6.45) is 0. The van der Waals surface area contributed by atoms with Crippen LogP contribution < -0.4 is 0 Å². The Morgan fingerprint density at radius 2 is 1.40 bits per heavy atom. The standard InChI is InChI=1S/C9H16N4.C8H13N3O/c1-7-10-8-9(2,3)12(4)5-6-13(8)11-7;1-6-9-7-8(2,3)12-5-4-11(7)10-6/h5-6H2,1-4H3;4-5H2,1-3H3. The quantitative estimate of drug-likeness (QED) is 0.721. The van der Waals surface area contributed by atoms with Crippen molar-refractivity contribution < 1.29 is 4.74 Å². The normalized spacial score (nSPS) is 21.1. The van der Waals surface area contributed by atoms with E-state index in [2.05, 4.69) is 46.0 Å². The second-order valence-corrected chi connectivity index (χ2v) is 7.75. The average molecular weight is 347 g/mol. The van der Waals surface area contributed by atoms with E-state index < -0.39 is 0 Å². The molecular weight excluding hydrogens is 318 g/mol. The molecule has 4 heterocycles. The third kappa shape index (κ3) is 3.32.